The Morgan fingerprint density at radius 3 is 1.76 bits per heavy atom. The Hall–Kier alpha value is -3.02. The summed E-state index contributed by atoms with van der Waals surface area (Å²) in [4.78, 5) is 33.5. The Bertz CT molecular complexity index is 689. The number of carbonyl (C=O) groups is 2. The van der Waals surface area contributed by atoms with Crippen LogP contribution in [-0.4, -0.2) is 23.8 Å². The van der Waals surface area contributed by atoms with E-state index in [1.54, 1.807) is 0 Å². The molecule has 0 bridgehead atoms. The van der Waals surface area contributed by atoms with E-state index < -0.39 is 10.9 Å². The lowest BCUT2D eigenvalue weighted by Gasteiger charge is -2.03. The van der Waals surface area contributed by atoms with Gasteiger partial charge in [0, 0.05) is 23.3 Å². The van der Waals surface area contributed by atoms with E-state index in [0.717, 1.165) is 0 Å². The molecule has 0 heterocycles. The number of methoxy groups -OCH3 is 1. The Kier molecular flexibility index (Phi) is 4.08. The third-order valence-electron chi connectivity index (χ3n) is 2.91. The van der Waals surface area contributed by atoms with Crippen LogP contribution in [-0.2, 0) is 4.74 Å². The minimum absolute atomic E-state index is 0.0763. The van der Waals surface area contributed by atoms with Crippen LogP contribution in [0.25, 0.3) is 0 Å². The van der Waals surface area contributed by atoms with E-state index in [1.165, 1.54) is 55.6 Å². The first-order valence-electron chi connectivity index (χ1n) is 6.00. The second-order valence-corrected chi connectivity index (χ2v) is 4.20. The summed E-state index contributed by atoms with van der Waals surface area (Å²) in [5, 5.41) is 10.6. The highest BCUT2D eigenvalue weighted by atomic mass is 16.6. The van der Waals surface area contributed by atoms with Crippen molar-refractivity contribution in [3.05, 3.63) is 75.3 Å². The normalized spacial score (nSPS) is 9.95. The smallest absolute Gasteiger partial charge is 0.337 e. The molecule has 2 rings (SSSR count). The summed E-state index contributed by atoms with van der Waals surface area (Å²) in [5.41, 5.74) is 0.994. The van der Waals surface area contributed by atoms with Gasteiger partial charge in [0.1, 0.15) is 0 Å². The predicted molar refractivity (Wildman–Crippen MR) is 74.3 cm³/mol. The molecule has 0 radical (unpaired) electrons. The maximum atomic E-state index is 12.2. The van der Waals surface area contributed by atoms with Gasteiger partial charge in [-0.3, -0.25) is 14.9 Å². The van der Waals surface area contributed by atoms with Crippen LogP contribution in [0, 0.1) is 10.1 Å². The Morgan fingerprint density at radius 2 is 1.33 bits per heavy atom. The highest BCUT2D eigenvalue weighted by Gasteiger charge is 2.12. The van der Waals surface area contributed by atoms with E-state index in [2.05, 4.69) is 4.74 Å². The molecule has 0 aliphatic heterocycles. The summed E-state index contributed by atoms with van der Waals surface area (Å²) in [6.07, 6.45) is 0. The van der Waals surface area contributed by atoms with Crippen LogP contribution < -0.4 is 0 Å². The third kappa shape index (κ3) is 3.11. The van der Waals surface area contributed by atoms with E-state index in [1.807, 2.05) is 0 Å². The van der Waals surface area contributed by atoms with Crippen molar-refractivity contribution >= 4 is 17.4 Å². The average Bonchev–Trinajstić information content (AvgIpc) is 2.53. The van der Waals surface area contributed by atoms with E-state index >= 15 is 0 Å². The minimum atomic E-state index is -0.528. The number of benzene rings is 2. The van der Waals surface area contributed by atoms with Gasteiger partial charge in [-0.25, -0.2) is 4.79 Å². The molecule has 6 nitrogen and oxygen atoms in total. The van der Waals surface area contributed by atoms with E-state index in [4.69, 9.17) is 0 Å². The maximum Gasteiger partial charge on any atom is 0.337 e. The molecule has 6 heteroatoms. The van der Waals surface area contributed by atoms with E-state index in [9.17, 15) is 19.7 Å². The number of hydrogen-bond donors (Lipinski definition) is 0. The lowest BCUT2D eigenvalue weighted by Crippen LogP contribution is -2.04. The number of carbonyl (C=O) groups excluding carboxylic acids is 2. The van der Waals surface area contributed by atoms with Gasteiger partial charge in [0.05, 0.1) is 17.6 Å². The molecule has 21 heavy (non-hydrogen) atoms. The number of ketones is 1. The summed E-state index contributed by atoms with van der Waals surface area (Å²) in [7, 11) is 1.28. The van der Waals surface area contributed by atoms with Crippen molar-refractivity contribution in [3.63, 3.8) is 0 Å². The second kappa shape index (κ2) is 5.96. The topological polar surface area (TPSA) is 86.5 Å². The summed E-state index contributed by atoms with van der Waals surface area (Å²) in [5.74, 6) is -0.759. The first-order chi connectivity index (χ1) is 10.0. The molecule has 0 aliphatic rings. The lowest BCUT2D eigenvalue weighted by atomic mass is 10.0. The number of nitrogens with zero attached hydrogens (tertiary/aromatic N) is 1. The molecule has 0 unspecified atom stereocenters. The quantitative estimate of drug-likeness (QED) is 0.373. The predicted octanol–water partition coefficient (Wildman–Crippen LogP) is 2.61. The number of ether oxygens (including phenoxy) is 1. The van der Waals surface area contributed by atoms with Crippen molar-refractivity contribution in [1.29, 1.82) is 0 Å². The summed E-state index contributed by atoms with van der Waals surface area (Å²) < 4.78 is 4.57. The lowest BCUT2D eigenvalue weighted by molar-refractivity contribution is -0.384. The second-order valence-electron chi connectivity index (χ2n) is 4.20. The van der Waals surface area contributed by atoms with Gasteiger partial charge >= 0.3 is 5.97 Å². The largest absolute Gasteiger partial charge is 0.465 e. The number of nitro groups is 1. The molecule has 0 saturated carbocycles. The molecule has 106 valence electrons. The minimum Gasteiger partial charge on any atom is -0.465 e. The van der Waals surface area contributed by atoms with Gasteiger partial charge < -0.3 is 4.74 Å². The molecule has 0 spiro atoms. The zero-order valence-electron chi connectivity index (χ0n) is 11.1. The van der Waals surface area contributed by atoms with Crippen LogP contribution in [0.1, 0.15) is 26.3 Å². The standard InChI is InChI=1S/C15H11NO5/c1-21-15(18)12-4-2-10(3-5-12)14(17)11-6-8-13(9-7-11)16(19)20/h2-9H,1H3. The van der Waals surface area contributed by atoms with Gasteiger partial charge in [-0.05, 0) is 24.3 Å². The molecular formula is C15H11NO5. The van der Waals surface area contributed by atoms with Gasteiger partial charge in [-0.15, -0.1) is 0 Å². The van der Waals surface area contributed by atoms with Crippen LogP contribution >= 0.6 is 0 Å². The van der Waals surface area contributed by atoms with Crippen molar-refractivity contribution in [1.82, 2.24) is 0 Å². The van der Waals surface area contributed by atoms with Gasteiger partial charge in [0.2, 0.25) is 0 Å². The fraction of sp³-hybridized carbons (Fsp3) is 0.0667. The molecule has 0 atom stereocenters. The van der Waals surface area contributed by atoms with Crippen molar-refractivity contribution in [2.75, 3.05) is 7.11 Å². The fourth-order valence-corrected chi connectivity index (χ4v) is 1.78. The molecule has 0 amide bonds. The molecule has 0 aliphatic carbocycles. The monoisotopic (exact) mass is 285 g/mol. The van der Waals surface area contributed by atoms with E-state index in [-0.39, 0.29) is 11.5 Å². The van der Waals surface area contributed by atoms with Gasteiger partial charge in [0.25, 0.3) is 5.69 Å². The fourth-order valence-electron chi connectivity index (χ4n) is 1.78. The average molecular weight is 285 g/mol. The molecule has 0 fully saturated rings. The van der Waals surface area contributed by atoms with Crippen LogP contribution in [0.2, 0.25) is 0 Å². The summed E-state index contributed by atoms with van der Waals surface area (Å²) in [6, 6.07) is 11.3. The SMILES string of the molecule is COC(=O)c1ccc(C(=O)c2ccc([N+](=O)[O-])cc2)cc1. The van der Waals surface area contributed by atoms with Gasteiger partial charge in [-0.1, -0.05) is 12.1 Å². The Morgan fingerprint density at radius 1 is 0.905 bits per heavy atom. The number of hydrogen-bond acceptors (Lipinski definition) is 5. The first-order valence-corrected chi connectivity index (χ1v) is 6.00. The van der Waals surface area contributed by atoms with Crippen molar-refractivity contribution in [2.24, 2.45) is 0 Å². The van der Waals surface area contributed by atoms with Crippen LogP contribution in [0.5, 0.6) is 0 Å². The summed E-state index contributed by atoms with van der Waals surface area (Å²) >= 11 is 0. The maximum absolute atomic E-state index is 12.2. The number of esters is 1. The molecule has 2 aromatic rings. The Labute approximate surface area is 120 Å². The molecule has 0 saturated heterocycles. The van der Waals surface area contributed by atoms with Crippen molar-refractivity contribution in [2.45, 2.75) is 0 Å². The summed E-state index contributed by atoms with van der Waals surface area (Å²) in [6.45, 7) is 0. The van der Waals surface area contributed by atoms with Gasteiger partial charge in [-0.2, -0.15) is 0 Å². The number of non-ortho nitro benzene ring substituents is 1. The molecular weight excluding hydrogens is 274 g/mol. The van der Waals surface area contributed by atoms with Crippen molar-refractivity contribution < 1.29 is 19.2 Å². The molecule has 0 N–H and O–H groups in total. The molecule has 0 aromatic heterocycles. The number of rotatable bonds is 4. The highest BCUT2D eigenvalue weighted by molar-refractivity contribution is 6.09. The van der Waals surface area contributed by atoms with E-state index in [0.29, 0.717) is 16.7 Å². The van der Waals surface area contributed by atoms with Crippen LogP contribution in [0.4, 0.5) is 5.69 Å². The zero-order chi connectivity index (χ0) is 15.4. The van der Waals surface area contributed by atoms with Crippen LogP contribution in [0.3, 0.4) is 0 Å². The highest BCUT2D eigenvalue weighted by Crippen LogP contribution is 2.16. The molecule has 2 aromatic carbocycles. The zero-order valence-corrected chi connectivity index (χ0v) is 11.1. The third-order valence-corrected chi connectivity index (χ3v) is 2.91. The number of nitro benzene ring substituents is 1. The van der Waals surface area contributed by atoms with Crippen LogP contribution in [0.15, 0.2) is 48.5 Å². The Balaban J connectivity index is 2.23. The van der Waals surface area contributed by atoms with Gasteiger partial charge in [0.15, 0.2) is 5.78 Å². The van der Waals surface area contributed by atoms with Crippen molar-refractivity contribution in [3.8, 4) is 0 Å². The first kappa shape index (κ1) is 14.4.